The van der Waals surface area contributed by atoms with Gasteiger partial charge in [-0.1, -0.05) is 17.3 Å². The van der Waals surface area contributed by atoms with Gasteiger partial charge in [-0.05, 0) is 42.3 Å². The Morgan fingerprint density at radius 3 is 2.68 bits per heavy atom. The second-order valence-electron chi connectivity index (χ2n) is 7.44. The fourth-order valence-electron chi connectivity index (χ4n) is 3.26. The maximum atomic E-state index is 12.6. The van der Waals surface area contributed by atoms with Crippen molar-refractivity contribution in [2.75, 3.05) is 32.9 Å². The lowest BCUT2D eigenvalue weighted by atomic mass is 10.2. The molecule has 178 valence electrons. The quantitative estimate of drug-likeness (QED) is 0.256. The Hall–Kier alpha value is -3.41. The SMILES string of the molecule is O=C(/C=C/c1ccc(S(=O)(=O)N2CCOCC2)cc1)OCCCc1nc(-c2cccnc2)no1. The van der Waals surface area contributed by atoms with Gasteiger partial charge in [0.15, 0.2) is 0 Å². The monoisotopic (exact) mass is 484 g/mol. The summed E-state index contributed by atoms with van der Waals surface area (Å²) in [7, 11) is -3.55. The first-order valence-electron chi connectivity index (χ1n) is 10.8. The maximum absolute atomic E-state index is 12.6. The molecule has 0 bridgehead atoms. The van der Waals surface area contributed by atoms with E-state index in [2.05, 4.69) is 15.1 Å². The van der Waals surface area contributed by atoms with Crippen LogP contribution >= 0.6 is 0 Å². The number of sulfonamides is 1. The van der Waals surface area contributed by atoms with E-state index in [1.165, 1.54) is 22.5 Å². The van der Waals surface area contributed by atoms with E-state index in [4.69, 9.17) is 14.0 Å². The molecule has 4 rings (SSSR count). The standard InChI is InChI=1S/C23H24N4O6S/c28-22(32-14-2-4-21-25-23(26-33-21)19-3-1-11-24-17-19)10-7-18-5-8-20(9-6-18)34(29,30)27-12-15-31-16-13-27/h1,3,5-11,17H,2,4,12-16H2/b10-7+. The normalized spacial score (nSPS) is 14.9. The van der Waals surface area contributed by atoms with Crippen LogP contribution in [0.15, 0.2) is 64.3 Å². The molecule has 0 aliphatic carbocycles. The van der Waals surface area contributed by atoms with Crippen molar-refractivity contribution < 1.29 is 27.2 Å². The van der Waals surface area contributed by atoms with Gasteiger partial charge in [-0.2, -0.15) is 9.29 Å². The summed E-state index contributed by atoms with van der Waals surface area (Å²) in [5.74, 6) is 0.427. The number of hydrogen-bond donors (Lipinski definition) is 0. The highest BCUT2D eigenvalue weighted by Crippen LogP contribution is 2.18. The van der Waals surface area contributed by atoms with Crippen molar-refractivity contribution in [1.29, 1.82) is 0 Å². The van der Waals surface area contributed by atoms with Crippen LogP contribution in [-0.2, 0) is 30.7 Å². The van der Waals surface area contributed by atoms with Crippen molar-refractivity contribution in [2.45, 2.75) is 17.7 Å². The summed E-state index contributed by atoms with van der Waals surface area (Å²) in [4.78, 5) is 20.5. The number of ether oxygens (including phenoxy) is 2. The van der Waals surface area contributed by atoms with Gasteiger partial charge in [-0.3, -0.25) is 4.98 Å². The summed E-state index contributed by atoms with van der Waals surface area (Å²) in [6.45, 7) is 1.67. The summed E-state index contributed by atoms with van der Waals surface area (Å²) in [5.41, 5.74) is 1.45. The Balaban J connectivity index is 1.21. The zero-order valence-electron chi connectivity index (χ0n) is 18.4. The molecule has 0 amide bonds. The number of rotatable bonds is 9. The van der Waals surface area contributed by atoms with Crippen LogP contribution in [0.3, 0.4) is 0 Å². The van der Waals surface area contributed by atoms with Crippen LogP contribution in [0, 0.1) is 0 Å². The molecular weight excluding hydrogens is 460 g/mol. The highest BCUT2D eigenvalue weighted by atomic mass is 32.2. The highest BCUT2D eigenvalue weighted by Gasteiger charge is 2.25. The number of pyridine rings is 1. The number of esters is 1. The summed E-state index contributed by atoms with van der Waals surface area (Å²) in [5, 5.41) is 3.92. The fraction of sp³-hybridized carbons (Fsp3) is 0.304. The summed E-state index contributed by atoms with van der Waals surface area (Å²) < 4.78 is 42.3. The average molecular weight is 485 g/mol. The predicted molar refractivity (Wildman–Crippen MR) is 122 cm³/mol. The van der Waals surface area contributed by atoms with Crippen molar-refractivity contribution in [3.8, 4) is 11.4 Å². The van der Waals surface area contributed by atoms with Crippen molar-refractivity contribution in [3.63, 3.8) is 0 Å². The van der Waals surface area contributed by atoms with Gasteiger partial charge in [-0.25, -0.2) is 13.2 Å². The zero-order chi connectivity index (χ0) is 23.8. The van der Waals surface area contributed by atoms with Gasteiger partial charge in [0.1, 0.15) is 0 Å². The number of aryl methyl sites for hydroxylation is 1. The van der Waals surface area contributed by atoms with E-state index in [-0.39, 0.29) is 11.5 Å². The van der Waals surface area contributed by atoms with E-state index in [1.54, 1.807) is 36.7 Å². The topological polar surface area (TPSA) is 125 Å². The molecule has 0 N–H and O–H groups in total. The molecule has 2 aromatic heterocycles. The Kier molecular flexibility index (Phi) is 7.78. The second-order valence-corrected chi connectivity index (χ2v) is 9.38. The number of nitrogens with zero attached hydrogens (tertiary/aromatic N) is 4. The number of morpholine rings is 1. The van der Waals surface area contributed by atoms with Gasteiger partial charge in [0.2, 0.25) is 21.7 Å². The maximum Gasteiger partial charge on any atom is 0.330 e. The Morgan fingerprint density at radius 2 is 1.94 bits per heavy atom. The third kappa shape index (κ3) is 6.13. The molecule has 34 heavy (non-hydrogen) atoms. The van der Waals surface area contributed by atoms with Gasteiger partial charge in [0, 0.05) is 43.5 Å². The van der Waals surface area contributed by atoms with Crippen molar-refractivity contribution in [2.24, 2.45) is 0 Å². The lowest BCUT2D eigenvalue weighted by Crippen LogP contribution is -2.40. The van der Waals surface area contributed by atoms with E-state index in [0.29, 0.717) is 56.4 Å². The van der Waals surface area contributed by atoms with Crippen LogP contribution in [0.4, 0.5) is 0 Å². The molecule has 10 nitrogen and oxygen atoms in total. The molecule has 1 saturated heterocycles. The lowest BCUT2D eigenvalue weighted by molar-refractivity contribution is -0.137. The molecular formula is C23H24N4O6S. The van der Waals surface area contributed by atoms with Gasteiger partial charge >= 0.3 is 5.97 Å². The van der Waals surface area contributed by atoms with Gasteiger partial charge in [0.25, 0.3) is 0 Å². The summed E-state index contributed by atoms with van der Waals surface area (Å²) in [6, 6.07) is 9.98. The Bertz CT molecular complexity index is 1220. The molecule has 0 atom stereocenters. The van der Waals surface area contributed by atoms with Gasteiger partial charge in [-0.15, -0.1) is 0 Å². The fourth-order valence-corrected chi connectivity index (χ4v) is 4.67. The number of benzene rings is 1. The first-order chi connectivity index (χ1) is 16.5. The molecule has 0 radical (unpaired) electrons. The largest absolute Gasteiger partial charge is 0.463 e. The Morgan fingerprint density at radius 1 is 1.15 bits per heavy atom. The minimum atomic E-state index is -3.55. The van der Waals surface area contributed by atoms with Crippen LogP contribution in [0.5, 0.6) is 0 Å². The number of aromatic nitrogens is 3. The molecule has 1 aromatic carbocycles. The first kappa shape index (κ1) is 23.7. The first-order valence-corrected chi connectivity index (χ1v) is 12.2. The molecule has 0 unspecified atom stereocenters. The highest BCUT2D eigenvalue weighted by molar-refractivity contribution is 7.89. The molecule has 0 spiro atoms. The minimum absolute atomic E-state index is 0.199. The van der Waals surface area contributed by atoms with E-state index < -0.39 is 16.0 Å². The predicted octanol–water partition coefficient (Wildman–Crippen LogP) is 2.34. The van der Waals surface area contributed by atoms with Crippen molar-refractivity contribution in [1.82, 2.24) is 19.4 Å². The zero-order valence-corrected chi connectivity index (χ0v) is 19.2. The Labute approximate surface area is 197 Å². The van der Waals surface area contributed by atoms with E-state index >= 15 is 0 Å². The molecule has 1 fully saturated rings. The van der Waals surface area contributed by atoms with Gasteiger partial charge in [0.05, 0.1) is 24.7 Å². The summed E-state index contributed by atoms with van der Waals surface area (Å²) >= 11 is 0. The molecule has 1 aliphatic rings. The molecule has 3 aromatic rings. The second kappa shape index (κ2) is 11.1. The van der Waals surface area contributed by atoms with Crippen LogP contribution in [0.2, 0.25) is 0 Å². The molecule has 0 saturated carbocycles. The van der Waals surface area contributed by atoms with E-state index in [0.717, 1.165) is 5.56 Å². The third-order valence-electron chi connectivity index (χ3n) is 5.07. The minimum Gasteiger partial charge on any atom is -0.463 e. The smallest absolute Gasteiger partial charge is 0.330 e. The van der Waals surface area contributed by atoms with Crippen LogP contribution in [0.25, 0.3) is 17.5 Å². The lowest BCUT2D eigenvalue weighted by Gasteiger charge is -2.26. The van der Waals surface area contributed by atoms with Crippen LogP contribution < -0.4 is 0 Å². The van der Waals surface area contributed by atoms with Crippen LogP contribution in [0.1, 0.15) is 17.9 Å². The van der Waals surface area contributed by atoms with Gasteiger partial charge < -0.3 is 14.0 Å². The van der Waals surface area contributed by atoms with E-state index in [9.17, 15) is 13.2 Å². The van der Waals surface area contributed by atoms with Crippen LogP contribution in [-0.4, -0.2) is 66.7 Å². The summed E-state index contributed by atoms with van der Waals surface area (Å²) in [6.07, 6.45) is 7.20. The molecule has 1 aliphatic heterocycles. The third-order valence-corrected chi connectivity index (χ3v) is 6.98. The van der Waals surface area contributed by atoms with E-state index in [1.807, 2.05) is 6.07 Å². The number of hydrogen-bond acceptors (Lipinski definition) is 9. The van der Waals surface area contributed by atoms with Crippen molar-refractivity contribution in [3.05, 3.63) is 66.3 Å². The number of carbonyl (C=O) groups excluding carboxylic acids is 1. The average Bonchev–Trinajstić information content (AvgIpc) is 3.36. The van der Waals surface area contributed by atoms with Crippen molar-refractivity contribution >= 4 is 22.1 Å². The molecule has 11 heteroatoms. The number of carbonyl (C=O) groups is 1. The molecule has 3 heterocycles.